The normalized spacial score (nSPS) is 54.6. The van der Waals surface area contributed by atoms with E-state index < -0.39 is 0 Å². The number of ether oxygens (including phenoxy) is 2. The third-order valence-corrected chi connectivity index (χ3v) is 11.0. The van der Waals surface area contributed by atoms with E-state index in [-0.39, 0.29) is 24.8 Å². The fourth-order valence-electron chi connectivity index (χ4n) is 9.70. The van der Waals surface area contributed by atoms with Gasteiger partial charge in [0, 0.05) is 13.5 Å². The van der Waals surface area contributed by atoms with Crippen LogP contribution in [0, 0.1) is 46.3 Å². The first-order valence-corrected chi connectivity index (χ1v) is 12.7. The topological polar surface area (TPSA) is 55.8 Å². The van der Waals surface area contributed by atoms with Crippen LogP contribution in [0.4, 0.5) is 0 Å². The Morgan fingerprint density at radius 3 is 2.57 bits per heavy atom. The lowest BCUT2D eigenvalue weighted by Gasteiger charge is -2.61. The molecule has 0 aromatic heterocycles. The van der Waals surface area contributed by atoms with Gasteiger partial charge in [-0.25, -0.2) is 0 Å². The van der Waals surface area contributed by atoms with Gasteiger partial charge in [-0.3, -0.25) is 4.79 Å². The highest BCUT2D eigenvalue weighted by Gasteiger charge is 2.65. The number of esters is 1. The molecule has 0 aromatic carbocycles. The highest BCUT2D eigenvalue weighted by molar-refractivity contribution is 5.66. The van der Waals surface area contributed by atoms with Gasteiger partial charge in [0.2, 0.25) is 0 Å². The molecule has 5 aliphatic rings. The van der Waals surface area contributed by atoms with Crippen molar-refractivity contribution in [2.45, 2.75) is 104 Å². The molecule has 1 N–H and O–H groups in total. The lowest BCUT2D eigenvalue weighted by molar-refractivity contribution is -0.160. The van der Waals surface area contributed by atoms with Gasteiger partial charge in [-0.15, -0.1) is 0 Å². The van der Waals surface area contributed by atoms with Crippen LogP contribution in [0.2, 0.25) is 0 Å². The van der Waals surface area contributed by atoms with E-state index in [1.807, 2.05) is 0 Å². The summed E-state index contributed by atoms with van der Waals surface area (Å²) in [5.41, 5.74) is 0.831. The van der Waals surface area contributed by atoms with E-state index in [1.165, 1.54) is 38.5 Å². The quantitative estimate of drug-likeness (QED) is 0.657. The van der Waals surface area contributed by atoms with E-state index in [2.05, 4.69) is 20.8 Å². The standard InChI is InChI=1S/C26H42O4/c1-15-22(9-12-27)30-23-14-21-19-6-5-17-13-18(29-16(2)28)7-10-25(17,3)20(19)8-11-26(21,4)24(15)23/h15,17-24,27H,5-14H2,1-4H3. The van der Waals surface area contributed by atoms with Crippen molar-refractivity contribution < 1.29 is 19.4 Å². The summed E-state index contributed by atoms with van der Waals surface area (Å²) in [6.07, 6.45) is 11.6. The van der Waals surface area contributed by atoms with Crippen LogP contribution in [0.1, 0.15) is 85.5 Å². The molecule has 170 valence electrons. The number of rotatable bonds is 3. The molecule has 0 radical (unpaired) electrons. The van der Waals surface area contributed by atoms with Crippen LogP contribution in [-0.4, -0.2) is 36.0 Å². The van der Waals surface area contributed by atoms with Crippen molar-refractivity contribution >= 4 is 5.97 Å². The number of hydrogen-bond donors (Lipinski definition) is 1. The smallest absolute Gasteiger partial charge is 0.302 e. The van der Waals surface area contributed by atoms with Gasteiger partial charge in [-0.2, -0.15) is 0 Å². The van der Waals surface area contributed by atoms with Crippen molar-refractivity contribution in [2.75, 3.05) is 6.61 Å². The minimum atomic E-state index is -0.114. The molecule has 4 saturated carbocycles. The maximum absolute atomic E-state index is 11.5. The first-order valence-electron chi connectivity index (χ1n) is 12.7. The van der Waals surface area contributed by atoms with Gasteiger partial charge < -0.3 is 14.6 Å². The Morgan fingerprint density at radius 2 is 1.83 bits per heavy atom. The SMILES string of the molecule is CC(=O)OC1CCC2(C)C(CCC3C2CCC2(C)C3CC3OC(CCO)C(C)C32)C1. The number of carbonyl (C=O) groups is 1. The molecule has 1 heterocycles. The van der Waals surface area contributed by atoms with Crippen molar-refractivity contribution in [3.8, 4) is 0 Å². The van der Waals surface area contributed by atoms with Gasteiger partial charge in [-0.05, 0) is 104 Å². The van der Waals surface area contributed by atoms with Crippen LogP contribution in [-0.2, 0) is 14.3 Å². The molecular weight excluding hydrogens is 376 g/mol. The molecule has 0 bridgehead atoms. The largest absolute Gasteiger partial charge is 0.463 e. The minimum Gasteiger partial charge on any atom is -0.463 e. The molecule has 1 saturated heterocycles. The molecule has 1 aliphatic heterocycles. The average Bonchev–Trinajstić information content (AvgIpc) is 3.16. The summed E-state index contributed by atoms with van der Waals surface area (Å²) in [5.74, 6) is 4.31. The van der Waals surface area contributed by atoms with Crippen LogP contribution in [0.5, 0.6) is 0 Å². The van der Waals surface area contributed by atoms with E-state index in [0.29, 0.717) is 34.7 Å². The number of aliphatic hydroxyl groups excluding tert-OH is 1. The molecule has 30 heavy (non-hydrogen) atoms. The number of hydrogen-bond acceptors (Lipinski definition) is 4. The molecule has 4 nitrogen and oxygen atoms in total. The summed E-state index contributed by atoms with van der Waals surface area (Å²) in [5, 5.41) is 9.46. The van der Waals surface area contributed by atoms with Crippen LogP contribution in [0.3, 0.4) is 0 Å². The van der Waals surface area contributed by atoms with E-state index in [0.717, 1.165) is 37.0 Å². The fourth-order valence-corrected chi connectivity index (χ4v) is 9.70. The van der Waals surface area contributed by atoms with Crippen molar-refractivity contribution in [1.82, 2.24) is 0 Å². The molecule has 4 aliphatic carbocycles. The van der Waals surface area contributed by atoms with Gasteiger partial charge >= 0.3 is 5.97 Å². The predicted molar refractivity (Wildman–Crippen MR) is 116 cm³/mol. The first-order chi connectivity index (χ1) is 14.3. The second kappa shape index (κ2) is 7.47. The van der Waals surface area contributed by atoms with Crippen molar-refractivity contribution in [3.63, 3.8) is 0 Å². The van der Waals surface area contributed by atoms with Gasteiger partial charge in [0.15, 0.2) is 0 Å². The summed E-state index contributed by atoms with van der Waals surface area (Å²) in [6, 6.07) is 0. The van der Waals surface area contributed by atoms with Crippen molar-refractivity contribution in [3.05, 3.63) is 0 Å². The Kier molecular flexibility index (Phi) is 5.29. The van der Waals surface area contributed by atoms with Gasteiger partial charge in [0.1, 0.15) is 6.10 Å². The van der Waals surface area contributed by atoms with Gasteiger partial charge in [0.05, 0.1) is 12.2 Å². The van der Waals surface area contributed by atoms with Crippen molar-refractivity contribution in [2.24, 2.45) is 46.3 Å². The summed E-state index contributed by atoms with van der Waals surface area (Å²) in [6.45, 7) is 9.35. The third kappa shape index (κ3) is 3.03. The second-order valence-electron chi connectivity index (χ2n) is 12.1. The Balaban J connectivity index is 1.34. The maximum atomic E-state index is 11.5. The number of aliphatic hydroxyl groups is 1. The summed E-state index contributed by atoms with van der Waals surface area (Å²) in [7, 11) is 0. The Hall–Kier alpha value is -0.610. The zero-order chi connectivity index (χ0) is 21.3. The fraction of sp³-hybridized carbons (Fsp3) is 0.962. The predicted octanol–water partition coefficient (Wildman–Crippen LogP) is 4.97. The monoisotopic (exact) mass is 418 g/mol. The lowest BCUT2D eigenvalue weighted by Crippen LogP contribution is -2.54. The second-order valence-corrected chi connectivity index (χ2v) is 12.1. The van der Waals surface area contributed by atoms with Crippen molar-refractivity contribution in [1.29, 1.82) is 0 Å². The average molecular weight is 419 g/mol. The highest BCUT2D eigenvalue weighted by atomic mass is 16.5. The molecule has 0 amide bonds. The van der Waals surface area contributed by atoms with E-state index in [4.69, 9.17) is 9.47 Å². The Labute approximate surface area is 182 Å². The molecule has 4 heteroatoms. The number of fused-ring (bicyclic) bond motifs is 7. The first kappa shape index (κ1) is 21.2. The molecule has 11 atom stereocenters. The summed E-state index contributed by atoms with van der Waals surface area (Å²) in [4.78, 5) is 11.5. The Morgan fingerprint density at radius 1 is 1.07 bits per heavy atom. The molecule has 5 rings (SSSR count). The Bertz CT molecular complexity index is 678. The lowest BCUT2D eigenvalue weighted by atomic mass is 9.44. The van der Waals surface area contributed by atoms with Crippen LogP contribution >= 0.6 is 0 Å². The molecule has 5 fully saturated rings. The van der Waals surface area contributed by atoms with Crippen LogP contribution < -0.4 is 0 Å². The number of carbonyl (C=O) groups excluding carboxylic acids is 1. The molecular formula is C26H42O4. The van der Waals surface area contributed by atoms with Crippen LogP contribution in [0.25, 0.3) is 0 Å². The zero-order valence-corrected chi connectivity index (χ0v) is 19.4. The molecule has 0 aromatic rings. The maximum Gasteiger partial charge on any atom is 0.302 e. The summed E-state index contributed by atoms with van der Waals surface area (Å²) < 4.78 is 12.2. The summed E-state index contributed by atoms with van der Waals surface area (Å²) >= 11 is 0. The molecule has 11 unspecified atom stereocenters. The highest BCUT2D eigenvalue weighted by Crippen LogP contribution is 2.70. The molecule has 0 spiro atoms. The third-order valence-electron chi connectivity index (χ3n) is 11.0. The van der Waals surface area contributed by atoms with E-state index >= 15 is 0 Å². The van der Waals surface area contributed by atoms with E-state index in [1.54, 1.807) is 6.92 Å². The van der Waals surface area contributed by atoms with E-state index in [9.17, 15) is 9.90 Å². The van der Waals surface area contributed by atoms with Gasteiger partial charge in [0.25, 0.3) is 0 Å². The van der Waals surface area contributed by atoms with Gasteiger partial charge in [-0.1, -0.05) is 20.8 Å². The zero-order valence-electron chi connectivity index (χ0n) is 19.4. The van der Waals surface area contributed by atoms with Crippen LogP contribution in [0.15, 0.2) is 0 Å². The minimum absolute atomic E-state index is 0.114.